The first-order valence-electron chi connectivity index (χ1n) is 3.72. The molecular formula is C8H14N2O. The number of ether oxygens (including phenoxy) is 1. The maximum absolute atomic E-state index is 5.07. The molecule has 1 rings (SSSR count). The molecule has 0 saturated heterocycles. The second-order valence-corrected chi connectivity index (χ2v) is 2.50. The standard InChI is InChI=1S/C8H14N2O/c1-8(11-2)7-9-10-5-3-4-6-10/h3-6,8-9H,7H2,1-2H3. The molecule has 1 heterocycles. The quantitative estimate of drug-likeness (QED) is 0.702. The van der Waals surface area contributed by atoms with Gasteiger partial charge < -0.3 is 10.2 Å². The normalized spacial score (nSPS) is 12.9. The zero-order valence-corrected chi connectivity index (χ0v) is 6.95. The fourth-order valence-corrected chi connectivity index (χ4v) is 0.757. The van der Waals surface area contributed by atoms with Gasteiger partial charge in [0.2, 0.25) is 0 Å². The third-order valence-electron chi connectivity index (χ3n) is 1.57. The number of hydrogen-bond donors (Lipinski definition) is 1. The summed E-state index contributed by atoms with van der Waals surface area (Å²) in [6.07, 6.45) is 4.17. The molecule has 0 fully saturated rings. The van der Waals surface area contributed by atoms with E-state index >= 15 is 0 Å². The molecule has 0 aromatic carbocycles. The molecule has 0 aliphatic heterocycles. The third-order valence-corrected chi connectivity index (χ3v) is 1.57. The fourth-order valence-electron chi connectivity index (χ4n) is 0.757. The average Bonchev–Trinajstić information content (AvgIpc) is 2.52. The Balaban J connectivity index is 2.23. The van der Waals surface area contributed by atoms with Crippen molar-refractivity contribution >= 4 is 0 Å². The molecule has 3 nitrogen and oxygen atoms in total. The van der Waals surface area contributed by atoms with Crippen molar-refractivity contribution in [2.45, 2.75) is 13.0 Å². The molecule has 0 radical (unpaired) electrons. The molecule has 0 aliphatic carbocycles. The second-order valence-electron chi connectivity index (χ2n) is 2.50. The van der Waals surface area contributed by atoms with Gasteiger partial charge in [0.25, 0.3) is 0 Å². The van der Waals surface area contributed by atoms with Crippen molar-refractivity contribution in [3.8, 4) is 0 Å². The van der Waals surface area contributed by atoms with E-state index in [1.54, 1.807) is 7.11 Å². The summed E-state index contributed by atoms with van der Waals surface area (Å²) in [7, 11) is 1.71. The minimum absolute atomic E-state index is 0.248. The minimum atomic E-state index is 0.248. The maximum atomic E-state index is 5.07. The van der Waals surface area contributed by atoms with Crippen LogP contribution in [0, 0.1) is 0 Å². The van der Waals surface area contributed by atoms with Crippen molar-refractivity contribution < 1.29 is 4.74 Å². The van der Waals surface area contributed by atoms with E-state index in [9.17, 15) is 0 Å². The van der Waals surface area contributed by atoms with Gasteiger partial charge in [-0.3, -0.25) is 4.68 Å². The third kappa shape index (κ3) is 2.63. The lowest BCUT2D eigenvalue weighted by molar-refractivity contribution is 0.126. The first kappa shape index (κ1) is 8.14. The number of nitrogens with zero attached hydrogens (tertiary/aromatic N) is 1. The smallest absolute Gasteiger partial charge is 0.0731 e. The molecule has 1 aromatic heterocycles. The van der Waals surface area contributed by atoms with E-state index in [0.717, 1.165) is 6.54 Å². The van der Waals surface area contributed by atoms with Gasteiger partial charge in [-0.15, -0.1) is 0 Å². The fraction of sp³-hybridized carbons (Fsp3) is 0.500. The van der Waals surface area contributed by atoms with Crippen LogP contribution in [0.15, 0.2) is 24.5 Å². The van der Waals surface area contributed by atoms with Crippen LogP contribution < -0.4 is 5.43 Å². The van der Waals surface area contributed by atoms with Gasteiger partial charge in [0.1, 0.15) is 0 Å². The molecule has 3 heteroatoms. The molecule has 0 saturated carbocycles. The van der Waals surface area contributed by atoms with E-state index in [4.69, 9.17) is 4.74 Å². The summed E-state index contributed by atoms with van der Waals surface area (Å²) in [5, 5.41) is 0. The van der Waals surface area contributed by atoms with Crippen LogP contribution in [0.1, 0.15) is 6.92 Å². The van der Waals surface area contributed by atoms with Gasteiger partial charge in [-0.1, -0.05) is 0 Å². The monoisotopic (exact) mass is 154 g/mol. The van der Waals surface area contributed by atoms with Gasteiger partial charge in [0.15, 0.2) is 0 Å². The highest BCUT2D eigenvalue weighted by Gasteiger charge is 1.96. The van der Waals surface area contributed by atoms with Gasteiger partial charge in [-0.05, 0) is 19.1 Å². The number of nitrogens with one attached hydrogen (secondary N) is 1. The van der Waals surface area contributed by atoms with Gasteiger partial charge in [-0.2, -0.15) is 0 Å². The lowest BCUT2D eigenvalue weighted by atomic mass is 10.4. The molecule has 0 bridgehead atoms. The Kier molecular flexibility index (Phi) is 2.98. The van der Waals surface area contributed by atoms with Crippen molar-refractivity contribution in [1.82, 2.24) is 4.68 Å². The molecule has 0 amide bonds. The highest BCUT2D eigenvalue weighted by Crippen LogP contribution is 1.88. The molecule has 0 spiro atoms. The Labute approximate surface area is 66.9 Å². The summed E-state index contributed by atoms with van der Waals surface area (Å²) in [5.74, 6) is 0. The highest BCUT2D eigenvalue weighted by molar-refractivity contribution is 4.93. The predicted octanol–water partition coefficient (Wildman–Crippen LogP) is 1.07. The molecule has 0 aliphatic rings. The zero-order valence-electron chi connectivity index (χ0n) is 6.95. The van der Waals surface area contributed by atoms with E-state index in [-0.39, 0.29) is 6.10 Å². The van der Waals surface area contributed by atoms with Crippen LogP contribution in [-0.2, 0) is 4.74 Å². The summed E-state index contributed by atoms with van der Waals surface area (Å²) in [4.78, 5) is 0. The topological polar surface area (TPSA) is 26.2 Å². The number of rotatable bonds is 4. The largest absolute Gasteiger partial charge is 0.380 e. The summed E-state index contributed by atoms with van der Waals surface area (Å²) in [6.45, 7) is 2.85. The Hall–Kier alpha value is -0.960. The van der Waals surface area contributed by atoms with Crippen molar-refractivity contribution in [1.29, 1.82) is 0 Å². The molecule has 62 valence electrons. The van der Waals surface area contributed by atoms with Crippen LogP contribution >= 0.6 is 0 Å². The SMILES string of the molecule is COC(C)CNn1cccc1. The average molecular weight is 154 g/mol. The van der Waals surface area contributed by atoms with Crippen molar-refractivity contribution in [3.05, 3.63) is 24.5 Å². The Morgan fingerprint density at radius 1 is 1.45 bits per heavy atom. The lowest BCUT2D eigenvalue weighted by Crippen LogP contribution is -2.24. The summed E-state index contributed by atoms with van der Waals surface area (Å²) >= 11 is 0. The van der Waals surface area contributed by atoms with E-state index in [2.05, 4.69) is 5.43 Å². The predicted molar refractivity (Wildman–Crippen MR) is 45.1 cm³/mol. The maximum Gasteiger partial charge on any atom is 0.0731 e. The lowest BCUT2D eigenvalue weighted by Gasteiger charge is -2.12. The van der Waals surface area contributed by atoms with E-state index in [0.29, 0.717) is 0 Å². The van der Waals surface area contributed by atoms with Crippen molar-refractivity contribution in [2.24, 2.45) is 0 Å². The van der Waals surface area contributed by atoms with E-state index in [1.165, 1.54) is 0 Å². The van der Waals surface area contributed by atoms with Gasteiger partial charge in [0, 0.05) is 19.5 Å². The first-order chi connectivity index (χ1) is 5.33. The van der Waals surface area contributed by atoms with Crippen molar-refractivity contribution in [2.75, 3.05) is 19.1 Å². The molecule has 1 aromatic rings. The van der Waals surface area contributed by atoms with Crippen molar-refractivity contribution in [3.63, 3.8) is 0 Å². The van der Waals surface area contributed by atoms with Crippen LogP contribution in [0.2, 0.25) is 0 Å². The Morgan fingerprint density at radius 3 is 2.64 bits per heavy atom. The van der Waals surface area contributed by atoms with Gasteiger partial charge >= 0.3 is 0 Å². The highest BCUT2D eigenvalue weighted by atomic mass is 16.5. The minimum Gasteiger partial charge on any atom is -0.380 e. The zero-order chi connectivity index (χ0) is 8.10. The van der Waals surface area contributed by atoms with Crippen LogP contribution in [0.5, 0.6) is 0 Å². The number of methoxy groups -OCH3 is 1. The number of hydrogen-bond acceptors (Lipinski definition) is 2. The van der Waals surface area contributed by atoms with E-state index in [1.807, 2.05) is 36.1 Å². The van der Waals surface area contributed by atoms with Crippen LogP contribution in [-0.4, -0.2) is 24.4 Å². The second kappa shape index (κ2) is 4.03. The molecular weight excluding hydrogens is 140 g/mol. The molecule has 1 atom stereocenters. The first-order valence-corrected chi connectivity index (χ1v) is 3.72. The summed E-state index contributed by atoms with van der Waals surface area (Å²) in [5.41, 5.74) is 3.17. The Bertz CT molecular complexity index is 184. The van der Waals surface area contributed by atoms with E-state index < -0.39 is 0 Å². The van der Waals surface area contributed by atoms with Gasteiger partial charge in [-0.25, -0.2) is 0 Å². The molecule has 1 N–H and O–H groups in total. The molecule has 11 heavy (non-hydrogen) atoms. The Morgan fingerprint density at radius 2 is 2.09 bits per heavy atom. The van der Waals surface area contributed by atoms with Gasteiger partial charge in [0.05, 0.1) is 12.6 Å². The summed E-state index contributed by atoms with van der Waals surface area (Å²) < 4.78 is 6.98. The van der Waals surface area contributed by atoms with Crippen LogP contribution in [0.4, 0.5) is 0 Å². The van der Waals surface area contributed by atoms with Crippen LogP contribution in [0.25, 0.3) is 0 Å². The van der Waals surface area contributed by atoms with Crippen LogP contribution in [0.3, 0.4) is 0 Å². The summed E-state index contributed by atoms with van der Waals surface area (Å²) in [6, 6.07) is 3.95. The molecule has 1 unspecified atom stereocenters. The number of aromatic nitrogens is 1.